The maximum atomic E-state index is 12.0. The van der Waals surface area contributed by atoms with Gasteiger partial charge in [-0.05, 0) is 25.1 Å². The van der Waals surface area contributed by atoms with Crippen LogP contribution in [0.15, 0.2) is 41.5 Å². The molecule has 0 radical (unpaired) electrons. The van der Waals surface area contributed by atoms with Crippen molar-refractivity contribution < 1.29 is 19.6 Å². The molecule has 0 spiro atoms. The van der Waals surface area contributed by atoms with Gasteiger partial charge in [-0.15, -0.1) is 0 Å². The molecule has 1 amide bonds. The van der Waals surface area contributed by atoms with Gasteiger partial charge in [-0.1, -0.05) is 23.7 Å². The molecule has 25 heavy (non-hydrogen) atoms. The molecule has 0 aliphatic carbocycles. The van der Waals surface area contributed by atoms with Gasteiger partial charge in [0.1, 0.15) is 0 Å². The van der Waals surface area contributed by atoms with Crippen LogP contribution in [-0.4, -0.2) is 28.8 Å². The summed E-state index contributed by atoms with van der Waals surface area (Å²) < 4.78 is 5.16. The highest BCUT2D eigenvalue weighted by Gasteiger charge is 2.19. The van der Waals surface area contributed by atoms with Crippen molar-refractivity contribution in [3.63, 3.8) is 0 Å². The van der Waals surface area contributed by atoms with Crippen molar-refractivity contribution in [1.82, 2.24) is 5.43 Å². The van der Waals surface area contributed by atoms with E-state index < -0.39 is 22.3 Å². The van der Waals surface area contributed by atoms with E-state index in [1.54, 1.807) is 25.1 Å². The Kier molecular flexibility index (Phi) is 5.91. The zero-order valence-corrected chi connectivity index (χ0v) is 13.9. The molecule has 0 aliphatic rings. The van der Waals surface area contributed by atoms with E-state index in [2.05, 4.69) is 10.5 Å². The molecule has 8 nitrogen and oxygen atoms in total. The van der Waals surface area contributed by atoms with E-state index in [-0.39, 0.29) is 28.5 Å². The molecule has 0 fully saturated rings. The van der Waals surface area contributed by atoms with Crippen molar-refractivity contribution in [2.45, 2.75) is 6.92 Å². The summed E-state index contributed by atoms with van der Waals surface area (Å²) in [5.41, 5.74) is 2.27. The summed E-state index contributed by atoms with van der Waals surface area (Å²) in [7, 11) is 0. The fourth-order valence-corrected chi connectivity index (χ4v) is 2.19. The molecule has 2 rings (SSSR count). The molecule has 9 heteroatoms. The van der Waals surface area contributed by atoms with Crippen molar-refractivity contribution in [2.24, 2.45) is 5.10 Å². The minimum atomic E-state index is -0.739. The number of phenols is 1. The van der Waals surface area contributed by atoms with Crippen LogP contribution in [0.25, 0.3) is 0 Å². The van der Waals surface area contributed by atoms with E-state index in [1.165, 1.54) is 18.3 Å². The number of rotatable bonds is 6. The number of nitrogens with one attached hydrogen (secondary N) is 1. The summed E-state index contributed by atoms with van der Waals surface area (Å²) in [6, 6.07) is 8.93. The number of hydrogen-bond donors (Lipinski definition) is 2. The first kappa shape index (κ1) is 18.2. The molecule has 0 atom stereocenters. The van der Waals surface area contributed by atoms with E-state index in [9.17, 15) is 20.0 Å². The largest absolute Gasteiger partial charge is 0.500 e. The number of nitro benzene ring substituents is 1. The molecule has 130 valence electrons. The van der Waals surface area contributed by atoms with E-state index in [0.717, 1.165) is 6.07 Å². The Bertz CT molecular complexity index is 839. The van der Waals surface area contributed by atoms with E-state index in [1.807, 2.05) is 0 Å². The summed E-state index contributed by atoms with van der Waals surface area (Å²) in [6.07, 6.45) is 1.20. The second-order valence-corrected chi connectivity index (χ2v) is 5.16. The van der Waals surface area contributed by atoms with Crippen LogP contribution in [0.4, 0.5) is 5.69 Å². The second-order valence-electron chi connectivity index (χ2n) is 4.76. The number of hydrogen-bond acceptors (Lipinski definition) is 6. The number of nitrogens with zero attached hydrogens (tertiary/aromatic N) is 2. The molecule has 2 aromatic rings. The van der Waals surface area contributed by atoms with Crippen LogP contribution < -0.4 is 10.2 Å². The highest BCUT2D eigenvalue weighted by molar-refractivity contribution is 6.33. The number of halogens is 1. The number of carbonyl (C=O) groups is 1. The van der Waals surface area contributed by atoms with Crippen molar-refractivity contribution >= 4 is 29.4 Å². The van der Waals surface area contributed by atoms with Gasteiger partial charge in [0.2, 0.25) is 5.75 Å². The van der Waals surface area contributed by atoms with Crippen molar-refractivity contribution in [3.8, 4) is 11.5 Å². The van der Waals surface area contributed by atoms with Gasteiger partial charge in [-0.25, -0.2) is 5.43 Å². The topological polar surface area (TPSA) is 114 Å². The highest BCUT2D eigenvalue weighted by atomic mass is 35.5. The molecular formula is C16H14ClN3O5. The Morgan fingerprint density at radius 2 is 2.16 bits per heavy atom. The number of amides is 1. The molecule has 0 saturated heterocycles. The molecule has 0 heterocycles. The molecule has 0 bridgehead atoms. The quantitative estimate of drug-likeness (QED) is 0.465. The maximum absolute atomic E-state index is 12.0. The Morgan fingerprint density at radius 3 is 2.80 bits per heavy atom. The van der Waals surface area contributed by atoms with Gasteiger partial charge >= 0.3 is 5.69 Å². The lowest BCUT2D eigenvalue weighted by Gasteiger charge is -2.07. The number of nitro groups is 1. The number of hydrazone groups is 1. The van der Waals surface area contributed by atoms with E-state index in [0.29, 0.717) is 0 Å². The summed E-state index contributed by atoms with van der Waals surface area (Å²) in [6.45, 7) is 1.89. The van der Waals surface area contributed by atoms with Gasteiger partial charge in [0.15, 0.2) is 5.75 Å². The predicted octanol–water partition coefficient (Wildman–Crippen LogP) is 3.12. The van der Waals surface area contributed by atoms with Crippen molar-refractivity contribution in [2.75, 3.05) is 6.61 Å². The van der Waals surface area contributed by atoms with Gasteiger partial charge in [0, 0.05) is 11.6 Å². The third-order valence-corrected chi connectivity index (χ3v) is 3.40. The van der Waals surface area contributed by atoms with Crippen LogP contribution in [0.5, 0.6) is 11.5 Å². The Hall–Kier alpha value is -3.13. The van der Waals surface area contributed by atoms with Crippen LogP contribution in [0, 0.1) is 10.1 Å². The first-order valence-electron chi connectivity index (χ1n) is 7.16. The molecule has 0 aromatic heterocycles. The summed E-state index contributed by atoms with van der Waals surface area (Å²) >= 11 is 5.91. The van der Waals surface area contributed by atoms with Gasteiger partial charge in [-0.2, -0.15) is 5.10 Å². The summed E-state index contributed by atoms with van der Waals surface area (Å²) in [4.78, 5) is 22.2. The second kappa shape index (κ2) is 8.11. The van der Waals surface area contributed by atoms with Gasteiger partial charge in [0.25, 0.3) is 5.91 Å². The first-order chi connectivity index (χ1) is 11.9. The van der Waals surface area contributed by atoms with Crippen LogP contribution in [0.2, 0.25) is 5.02 Å². The monoisotopic (exact) mass is 363 g/mol. The molecule has 0 unspecified atom stereocenters. The zero-order chi connectivity index (χ0) is 18.4. The lowest BCUT2D eigenvalue weighted by atomic mass is 10.2. The molecule has 2 N–H and O–H groups in total. The molecule has 2 aromatic carbocycles. The number of aromatic hydroxyl groups is 1. The minimum Gasteiger partial charge on any atom is -0.500 e. The lowest BCUT2D eigenvalue weighted by Crippen LogP contribution is -2.17. The fraction of sp³-hybridized carbons (Fsp3) is 0.125. The van der Waals surface area contributed by atoms with Gasteiger partial charge < -0.3 is 9.84 Å². The van der Waals surface area contributed by atoms with Crippen molar-refractivity contribution in [3.05, 3.63) is 62.7 Å². The maximum Gasteiger partial charge on any atom is 0.315 e. The summed E-state index contributed by atoms with van der Waals surface area (Å²) in [5.74, 6) is -1.14. The number of phenolic OH excluding ortho intramolecular Hbond substituents is 1. The summed E-state index contributed by atoms with van der Waals surface area (Å²) in [5, 5.41) is 24.8. The normalized spacial score (nSPS) is 10.6. The molecule has 0 saturated carbocycles. The molecular weight excluding hydrogens is 350 g/mol. The minimum absolute atomic E-state index is 0.0458. The first-order valence-corrected chi connectivity index (χ1v) is 7.54. The Labute approximate surface area is 147 Å². The predicted molar refractivity (Wildman–Crippen MR) is 92.4 cm³/mol. The third-order valence-electron chi connectivity index (χ3n) is 3.07. The van der Waals surface area contributed by atoms with Crippen LogP contribution in [0.3, 0.4) is 0 Å². The third kappa shape index (κ3) is 4.45. The average molecular weight is 364 g/mol. The van der Waals surface area contributed by atoms with Gasteiger partial charge in [-0.3, -0.25) is 14.9 Å². The zero-order valence-electron chi connectivity index (χ0n) is 13.1. The van der Waals surface area contributed by atoms with E-state index >= 15 is 0 Å². The number of carbonyl (C=O) groups excluding carboxylic acids is 1. The lowest BCUT2D eigenvalue weighted by molar-refractivity contribution is -0.386. The van der Waals surface area contributed by atoms with Gasteiger partial charge in [0.05, 0.1) is 28.3 Å². The number of benzene rings is 2. The van der Waals surface area contributed by atoms with Crippen molar-refractivity contribution in [1.29, 1.82) is 0 Å². The fourth-order valence-electron chi connectivity index (χ4n) is 1.96. The standard InChI is InChI=1S/C16H14ClN3O5/c1-2-25-14-8-10(7-13(15(14)21)20(23)24)9-18-19-16(22)11-5-3-4-6-12(11)17/h3-9,21H,2H2,1H3,(H,19,22). The Morgan fingerprint density at radius 1 is 1.44 bits per heavy atom. The van der Waals surface area contributed by atoms with Crippen LogP contribution >= 0.6 is 11.6 Å². The van der Waals surface area contributed by atoms with E-state index in [4.69, 9.17) is 16.3 Å². The van der Waals surface area contributed by atoms with Crippen LogP contribution in [-0.2, 0) is 0 Å². The highest BCUT2D eigenvalue weighted by Crippen LogP contribution is 2.36. The molecule has 0 aliphatic heterocycles. The van der Waals surface area contributed by atoms with Crippen LogP contribution in [0.1, 0.15) is 22.8 Å². The smallest absolute Gasteiger partial charge is 0.315 e. The Balaban J connectivity index is 2.21. The SMILES string of the molecule is CCOc1cc(C=NNC(=O)c2ccccc2Cl)cc([N+](=O)[O-])c1O. The average Bonchev–Trinajstić information content (AvgIpc) is 2.57. The number of ether oxygens (including phenoxy) is 1.